The van der Waals surface area contributed by atoms with Crippen LogP contribution in [0, 0.1) is 11.5 Å². The first-order chi connectivity index (χ1) is 11.6. The molecule has 0 spiro atoms. The van der Waals surface area contributed by atoms with Gasteiger partial charge < -0.3 is 9.64 Å². The van der Waals surface area contributed by atoms with Crippen LogP contribution in [0.4, 0.5) is 0 Å². The Kier molecular flexibility index (Phi) is 5.65. The molecule has 2 fully saturated rings. The van der Waals surface area contributed by atoms with Gasteiger partial charge in [-0.15, -0.1) is 0 Å². The van der Waals surface area contributed by atoms with Crippen LogP contribution in [-0.4, -0.2) is 53.7 Å². The number of rotatable bonds is 3. The first-order valence-electron chi connectivity index (χ1n) is 8.85. The van der Waals surface area contributed by atoms with Gasteiger partial charge in [0.25, 0.3) is 0 Å². The van der Waals surface area contributed by atoms with E-state index in [9.17, 15) is 5.26 Å². The van der Waals surface area contributed by atoms with Gasteiger partial charge in [0.05, 0.1) is 12.7 Å². The van der Waals surface area contributed by atoms with Gasteiger partial charge in [-0.1, -0.05) is 23.7 Å². The van der Waals surface area contributed by atoms with E-state index in [2.05, 4.69) is 37.1 Å². The third-order valence-corrected chi connectivity index (χ3v) is 5.59. The van der Waals surface area contributed by atoms with Crippen LogP contribution in [0.25, 0.3) is 0 Å². The van der Waals surface area contributed by atoms with Crippen LogP contribution in [0.5, 0.6) is 0 Å². The summed E-state index contributed by atoms with van der Waals surface area (Å²) in [5.74, 6) is 0. The molecule has 0 saturated carbocycles. The van der Waals surface area contributed by atoms with Gasteiger partial charge in [-0.25, -0.2) is 0 Å². The van der Waals surface area contributed by atoms with Crippen molar-refractivity contribution in [2.24, 2.45) is 0 Å². The fourth-order valence-electron chi connectivity index (χ4n) is 3.98. The number of likely N-dealkylation sites (tertiary alicyclic amines) is 1. The third-order valence-electron chi connectivity index (χ3n) is 5.34. The second-order valence-electron chi connectivity index (χ2n) is 7.15. The van der Waals surface area contributed by atoms with E-state index in [1.54, 1.807) is 0 Å². The van der Waals surface area contributed by atoms with Crippen LogP contribution in [0.15, 0.2) is 24.3 Å². The van der Waals surface area contributed by atoms with Crippen molar-refractivity contribution in [3.8, 4) is 6.19 Å². The maximum Gasteiger partial charge on any atom is 0.179 e. The number of hydrogen-bond donors (Lipinski definition) is 0. The molecule has 0 aromatic heterocycles. The van der Waals surface area contributed by atoms with Gasteiger partial charge in [0.15, 0.2) is 6.19 Å². The minimum absolute atomic E-state index is 0.274. The molecule has 130 valence electrons. The Morgan fingerprint density at radius 2 is 2.04 bits per heavy atom. The summed E-state index contributed by atoms with van der Waals surface area (Å²) in [5.41, 5.74) is 1.30. The molecule has 4 nitrogen and oxygen atoms in total. The topological polar surface area (TPSA) is 39.5 Å². The highest BCUT2D eigenvalue weighted by Crippen LogP contribution is 2.27. The first-order valence-corrected chi connectivity index (χ1v) is 9.22. The zero-order chi connectivity index (χ0) is 17.1. The largest absolute Gasteiger partial charge is 0.376 e. The highest BCUT2D eigenvalue weighted by atomic mass is 35.5. The van der Waals surface area contributed by atoms with Gasteiger partial charge in [-0.05, 0) is 50.8 Å². The molecule has 2 aliphatic rings. The minimum Gasteiger partial charge on any atom is -0.376 e. The molecule has 2 heterocycles. The number of ether oxygens (including phenoxy) is 1. The Bertz CT molecular complexity index is 585. The lowest BCUT2D eigenvalue weighted by atomic mass is 9.93. The second-order valence-corrected chi connectivity index (χ2v) is 7.58. The van der Waals surface area contributed by atoms with Crippen molar-refractivity contribution < 1.29 is 4.74 Å². The Morgan fingerprint density at radius 1 is 1.29 bits per heavy atom. The van der Waals surface area contributed by atoms with E-state index < -0.39 is 0 Å². The Hall–Kier alpha value is -1.28. The number of piperidine rings is 1. The Labute approximate surface area is 149 Å². The zero-order valence-electron chi connectivity index (χ0n) is 14.5. The van der Waals surface area contributed by atoms with Crippen molar-refractivity contribution in [3.05, 3.63) is 34.9 Å². The van der Waals surface area contributed by atoms with E-state index in [0.717, 1.165) is 44.0 Å². The van der Waals surface area contributed by atoms with Crippen LogP contribution in [-0.2, 0) is 11.2 Å². The van der Waals surface area contributed by atoms with Crippen LogP contribution in [0.1, 0.15) is 32.3 Å². The standard InChI is InChI=1S/C19H26ClN3O/c1-14-9-18(7-8-22(14)13-21)23-11-15(2)24-12-19(23)10-16-3-5-17(20)6-4-16/h3-6,14-15,18-19H,7-12H2,1-2H3/t14?,15-,18?,19-/m0/s1. The highest BCUT2D eigenvalue weighted by molar-refractivity contribution is 6.30. The summed E-state index contributed by atoms with van der Waals surface area (Å²) >= 11 is 6.00. The number of benzene rings is 1. The Morgan fingerprint density at radius 3 is 2.71 bits per heavy atom. The summed E-state index contributed by atoms with van der Waals surface area (Å²) in [7, 11) is 0. The average molecular weight is 348 g/mol. The van der Waals surface area contributed by atoms with E-state index in [0.29, 0.717) is 18.1 Å². The van der Waals surface area contributed by atoms with Gasteiger partial charge >= 0.3 is 0 Å². The molecule has 0 aliphatic carbocycles. The van der Waals surface area contributed by atoms with E-state index in [4.69, 9.17) is 16.3 Å². The molecule has 5 heteroatoms. The highest BCUT2D eigenvalue weighted by Gasteiger charge is 2.36. The third kappa shape index (κ3) is 4.03. The molecule has 4 atom stereocenters. The molecule has 0 bridgehead atoms. The smallest absolute Gasteiger partial charge is 0.179 e. The van der Waals surface area contributed by atoms with Gasteiger partial charge in [-0.3, -0.25) is 4.90 Å². The van der Waals surface area contributed by atoms with E-state index >= 15 is 0 Å². The van der Waals surface area contributed by atoms with Crippen LogP contribution < -0.4 is 0 Å². The van der Waals surface area contributed by atoms with Gasteiger partial charge in [0.1, 0.15) is 0 Å². The second kappa shape index (κ2) is 7.74. The SMILES string of the molecule is CC1CC(N2C[C@H](C)OC[C@@H]2Cc2ccc(Cl)cc2)CCN1C#N. The molecule has 1 aromatic carbocycles. The molecule has 2 saturated heterocycles. The number of nitrogens with zero attached hydrogens (tertiary/aromatic N) is 3. The normalized spacial score (nSPS) is 31.7. The maximum atomic E-state index is 9.20. The quantitative estimate of drug-likeness (QED) is 0.786. The fourth-order valence-corrected chi connectivity index (χ4v) is 4.11. The first kappa shape index (κ1) is 17.5. The molecule has 0 amide bonds. The maximum absolute atomic E-state index is 9.20. The number of halogens is 1. The molecule has 1 aromatic rings. The number of hydrogen-bond acceptors (Lipinski definition) is 4. The summed E-state index contributed by atoms with van der Waals surface area (Å²) in [6.45, 7) is 6.92. The predicted octanol–water partition coefficient (Wildman–Crippen LogP) is 3.31. The number of morpholine rings is 1. The van der Waals surface area contributed by atoms with Crippen molar-refractivity contribution in [2.75, 3.05) is 19.7 Å². The number of nitriles is 1. The molecule has 2 unspecified atom stereocenters. The summed E-state index contributed by atoms with van der Waals surface area (Å²) in [4.78, 5) is 4.54. The van der Waals surface area contributed by atoms with Crippen LogP contribution in [0.3, 0.4) is 0 Å². The summed E-state index contributed by atoms with van der Waals surface area (Å²) in [6.07, 6.45) is 5.69. The average Bonchev–Trinajstić information content (AvgIpc) is 2.58. The van der Waals surface area contributed by atoms with Crippen molar-refractivity contribution >= 4 is 11.6 Å². The molecular weight excluding hydrogens is 322 g/mol. The molecule has 3 rings (SSSR count). The van der Waals surface area contributed by atoms with Gasteiger partial charge in [0, 0.05) is 36.2 Å². The van der Waals surface area contributed by atoms with E-state index in [-0.39, 0.29) is 6.10 Å². The predicted molar refractivity (Wildman–Crippen MR) is 95.9 cm³/mol. The monoisotopic (exact) mass is 347 g/mol. The van der Waals surface area contributed by atoms with Crippen molar-refractivity contribution in [1.29, 1.82) is 5.26 Å². The fraction of sp³-hybridized carbons (Fsp3) is 0.632. The molecular formula is C19H26ClN3O. The van der Waals surface area contributed by atoms with Crippen molar-refractivity contribution in [3.63, 3.8) is 0 Å². The minimum atomic E-state index is 0.274. The van der Waals surface area contributed by atoms with E-state index in [1.807, 2.05) is 17.0 Å². The summed E-state index contributed by atoms with van der Waals surface area (Å²) in [5, 5.41) is 9.98. The summed E-state index contributed by atoms with van der Waals surface area (Å²) < 4.78 is 5.95. The van der Waals surface area contributed by atoms with Gasteiger partial charge in [-0.2, -0.15) is 5.26 Å². The van der Waals surface area contributed by atoms with Gasteiger partial charge in [0.2, 0.25) is 0 Å². The lowest BCUT2D eigenvalue weighted by Gasteiger charge is -2.47. The zero-order valence-corrected chi connectivity index (χ0v) is 15.2. The molecule has 24 heavy (non-hydrogen) atoms. The summed E-state index contributed by atoms with van der Waals surface area (Å²) in [6, 6.07) is 9.39. The van der Waals surface area contributed by atoms with Crippen LogP contribution >= 0.6 is 11.6 Å². The van der Waals surface area contributed by atoms with Crippen molar-refractivity contribution in [1.82, 2.24) is 9.80 Å². The molecule has 0 N–H and O–H groups in total. The van der Waals surface area contributed by atoms with Crippen molar-refractivity contribution in [2.45, 2.75) is 57.3 Å². The van der Waals surface area contributed by atoms with Crippen LogP contribution in [0.2, 0.25) is 5.02 Å². The molecule has 0 radical (unpaired) electrons. The van der Waals surface area contributed by atoms with E-state index in [1.165, 1.54) is 5.56 Å². The Balaban J connectivity index is 1.70. The lowest BCUT2D eigenvalue weighted by molar-refractivity contribution is -0.0810. The lowest BCUT2D eigenvalue weighted by Crippen LogP contribution is -2.57. The molecule has 2 aliphatic heterocycles.